The van der Waals surface area contributed by atoms with E-state index in [1.54, 1.807) is 6.92 Å². The van der Waals surface area contributed by atoms with Gasteiger partial charge in [0.2, 0.25) is 0 Å². The Bertz CT molecular complexity index is 574. The zero-order valence-electron chi connectivity index (χ0n) is 10.1. The van der Waals surface area contributed by atoms with E-state index in [1.165, 1.54) is 12.1 Å². The van der Waals surface area contributed by atoms with E-state index in [0.29, 0.717) is 5.56 Å². The molecular formula is C15H14O3. The fraction of sp³-hybridized carbons (Fsp3) is 0.133. The molecule has 0 radical (unpaired) electrons. The highest BCUT2D eigenvalue weighted by Crippen LogP contribution is 2.30. The highest BCUT2D eigenvalue weighted by atomic mass is 16.3. The summed E-state index contributed by atoms with van der Waals surface area (Å²) >= 11 is 0. The molecule has 0 unspecified atom stereocenters. The summed E-state index contributed by atoms with van der Waals surface area (Å²) in [7, 11) is 0. The molecule has 0 spiro atoms. The van der Waals surface area contributed by atoms with E-state index in [9.17, 15) is 15.0 Å². The van der Waals surface area contributed by atoms with Crippen molar-refractivity contribution in [3.05, 3.63) is 59.2 Å². The lowest BCUT2D eigenvalue weighted by Crippen LogP contribution is -2.04. The lowest BCUT2D eigenvalue weighted by Gasteiger charge is -2.08. The van der Waals surface area contributed by atoms with Crippen LogP contribution in [-0.2, 0) is 6.42 Å². The van der Waals surface area contributed by atoms with Crippen LogP contribution in [0.2, 0.25) is 0 Å². The maximum atomic E-state index is 12.1. The second-order valence-electron chi connectivity index (χ2n) is 4.19. The van der Waals surface area contributed by atoms with Crippen molar-refractivity contribution in [2.24, 2.45) is 0 Å². The summed E-state index contributed by atoms with van der Waals surface area (Å²) < 4.78 is 0. The largest absolute Gasteiger partial charge is 0.508 e. The van der Waals surface area contributed by atoms with Crippen molar-refractivity contribution >= 4 is 5.78 Å². The predicted molar refractivity (Wildman–Crippen MR) is 69.0 cm³/mol. The summed E-state index contributed by atoms with van der Waals surface area (Å²) in [5.41, 5.74) is 1.47. The van der Waals surface area contributed by atoms with Gasteiger partial charge in [-0.25, -0.2) is 0 Å². The third-order valence-corrected chi connectivity index (χ3v) is 2.91. The molecule has 2 rings (SSSR count). The maximum Gasteiger partial charge on any atom is 0.170 e. The predicted octanol–water partition coefficient (Wildman–Crippen LogP) is 2.83. The molecule has 0 heterocycles. The number of carbonyl (C=O) groups excluding carboxylic acids is 1. The van der Waals surface area contributed by atoms with Crippen LogP contribution in [0, 0.1) is 6.92 Å². The second-order valence-corrected chi connectivity index (χ2v) is 4.19. The van der Waals surface area contributed by atoms with Gasteiger partial charge in [0.15, 0.2) is 5.78 Å². The molecule has 2 N–H and O–H groups in total. The summed E-state index contributed by atoms with van der Waals surface area (Å²) in [6.45, 7) is 1.57. The van der Waals surface area contributed by atoms with E-state index in [4.69, 9.17) is 0 Å². The van der Waals surface area contributed by atoms with E-state index in [-0.39, 0.29) is 29.3 Å². The zero-order chi connectivity index (χ0) is 13.1. The SMILES string of the molecule is Cc1c(O)ccc(C(=O)Cc2ccccc2)c1O. The van der Waals surface area contributed by atoms with Crippen molar-refractivity contribution in [3.63, 3.8) is 0 Å². The minimum atomic E-state index is -0.165. The van der Waals surface area contributed by atoms with Gasteiger partial charge in [-0.2, -0.15) is 0 Å². The molecule has 3 heteroatoms. The summed E-state index contributed by atoms with van der Waals surface area (Å²) in [5, 5.41) is 19.3. The lowest BCUT2D eigenvalue weighted by atomic mass is 10.00. The minimum absolute atomic E-state index is 0.0104. The molecule has 0 aliphatic heterocycles. The van der Waals surface area contributed by atoms with E-state index >= 15 is 0 Å². The first-order valence-electron chi connectivity index (χ1n) is 5.68. The molecule has 0 aliphatic carbocycles. The molecule has 0 fully saturated rings. The quantitative estimate of drug-likeness (QED) is 0.814. The van der Waals surface area contributed by atoms with Crippen molar-refractivity contribution in [1.29, 1.82) is 0 Å². The fourth-order valence-electron chi connectivity index (χ4n) is 1.79. The van der Waals surface area contributed by atoms with Gasteiger partial charge in [-0.1, -0.05) is 30.3 Å². The minimum Gasteiger partial charge on any atom is -0.508 e. The third-order valence-electron chi connectivity index (χ3n) is 2.91. The summed E-state index contributed by atoms with van der Waals surface area (Å²) in [5.74, 6) is -0.318. The Kier molecular flexibility index (Phi) is 3.33. The number of rotatable bonds is 3. The van der Waals surface area contributed by atoms with Gasteiger partial charge in [0, 0.05) is 12.0 Å². The number of phenolic OH excluding ortho intramolecular Hbond substituents is 2. The fourth-order valence-corrected chi connectivity index (χ4v) is 1.79. The maximum absolute atomic E-state index is 12.1. The lowest BCUT2D eigenvalue weighted by molar-refractivity contribution is 0.0990. The first-order valence-corrected chi connectivity index (χ1v) is 5.68. The number of hydrogen-bond acceptors (Lipinski definition) is 3. The molecule has 0 saturated carbocycles. The van der Waals surface area contributed by atoms with Crippen molar-refractivity contribution in [2.45, 2.75) is 13.3 Å². The van der Waals surface area contributed by atoms with Crippen LogP contribution in [0.1, 0.15) is 21.5 Å². The average Bonchev–Trinajstić information content (AvgIpc) is 2.37. The van der Waals surface area contributed by atoms with Crippen LogP contribution in [0.15, 0.2) is 42.5 Å². The Morgan fingerprint density at radius 1 is 1.06 bits per heavy atom. The van der Waals surface area contributed by atoms with E-state index < -0.39 is 0 Å². The number of hydrogen-bond donors (Lipinski definition) is 2. The normalized spacial score (nSPS) is 10.3. The Morgan fingerprint density at radius 3 is 2.39 bits per heavy atom. The summed E-state index contributed by atoms with van der Waals surface area (Å²) in [6, 6.07) is 12.2. The van der Waals surface area contributed by atoms with Crippen molar-refractivity contribution in [2.75, 3.05) is 0 Å². The third kappa shape index (κ3) is 2.35. The van der Waals surface area contributed by atoms with Gasteiger partial charge in [-0.3, -0.25) is 4.79 Å². The molecular weight excluding hydrogens is 228 g/mol. The molecule has 0 atom stereocenters. The van der Waals surface area contributed by atoms with Gasteiger partial charge in [0.1, 0.15) is 11.5 Å². The highest BCUT2D eigenvalue weighted by Gasteiger charge is 2.15. The molecule has 18 heavy (non-hydrogen) atoms. The number of ketones is 1. The standard InChI is InChI=1S/C15H14O3/c1-10-13(16)8-7-12(15(10)18)14(17)9-11-5-3-2-4-6-11/h2-8,16,18H,9H2,1H3. The van der Waals surface area contributed by atoms with Gasteiger partial charge >= 0.3 is 0 Å². The van der Waals surface area contributed by atoms with E-state index in [2.05, 4.69) is 0 Å². The molecule has 0 saturated heterocycles. The van der Waals surface area contributed by atoms with E-state index in [0.717, 1.165) is 5.56 Å². The van der Waals surface area contributed by atoms with Crippen molar-refractivity contribution in [1.82, 2.24) is 0 Å². The molecule has 0 amide bonds. The van der Waals surface area contributed by atoms with Gasteiger partial charge < -0.3 is 10.2 Å². The monoisotopic (exact) mass is 242 g/mol. The van der Waals surface area contributed by atoms with Gasteiger partial charge in [-0.15, -0.1) is 0 Å². The molecule has 0 bridgehead atoms. The summed E-state index contributed by atoms with van der Waals surface area (Å²) in [4.78, 5) is 12.1. The number of carbonyl (C=O) groups is 1. The molecule has 0 aromatic heterocycles. The first kappa shape index (κ1) is 12.2. The van der Waals surface area contributed by atoms with Crippen LogP contribution in [0.3, 0.4) is 0 Å². The molecule has 2 aromatic rings. The zero-order valence-corrected chi connectivity index (χ0v) is 10.1. The van der Waals surface area contributed by atoms with E-state index in [1.807, 2.05) is 30.3 Å². The van der Waals surface area contributed by atoms with Crippen LogP contribution >= 0.6 is 0 Å². The highest BCUT2D eigenvalue weighted by molar-refractivity contribution is 6.00. The van der Waals surface area contributed by atoms with Crippen molar-refractivity contribution in [3.8, 4) is 11.5 Å². The van der Waals surface area contributed by atoms with Gasteiger partial charge in [-0.05, 0) is 24.6 Å². The number of benzene rings is 2. The van der Waals surface area contributed by atoms with Crippen LogP contribution < -0.4 is 0 Å². The molecule has 0 aliphatic rings. The Morgan fingerprint density at radius 2 is 1.72 bits per heavy atom. The average molecular weight is 242 g/mol. The Hall–Kier alpha value is -2.29. The summed E-state index contributed by atoms with van der Waals surface area (Å²) in [6.07, 6.45) is 0.235. The van der Waals surface area contributed by atoms with Gasteiger partial charge in [0.25, 0.3) is 0 Å². The van der Waals surface area contributed by atoms with Crippen LogP contribution in [-0.4, -0.2) is 16.0 Å². The Labute approximate surface area is 105 Å². The topological polar surface area (TPSA) is 57.5 Å². The van der Waals surface area contributed by atoms with Crippen LogP contribution in [0.4, 0.5) is 0 Å². The van der Waals surface area contributed by atoms with Crippen LogP contribution in [0.25, 0.3) is 0 Å². The smallest absolute Gasteiger partial charge is 0.170 e. The number of phenols is 2. The molecule has 2 aromatic carbocycles. The second kappa shape index (κ2) is 4.92. The van der Waals surface area contributed by atoms with Gasteiger partial charge in [0.05, 0.1) is 5.56 Å². The number of aromatic hydroxyl groups is 2. The first-order chi connectivity index (χ1) is 8.59. The number of Topliss-reactive ketones (excluding diaryl/α,β-unsaturated/α-hetero) is 1. The molecule has 92 valence electrons. The molecule has 3 nitrogen and oxygen atoms in total. The Balaban J connectivity index is 2.28. The van der Waals surface area contributed by atoms with Crippen molar-refractivity contribution < 1.29 is 15.0 Å². The van der Waals surface area contributed by atoms with Crippen LogP contribution in [0.5, 0.6) is 11.5 Å².